The molecule has 0 radical (unpaired) electrons. The second-order valence-electron chi connectivity index (χ2n) is 7.26. The van der Waals surface area contributed by atoms with Gasteiger partial charge in [0.25, 0.3) is 15.9 Å². The quantitative estimate of drug-likeness (QED) is 0.229. The number of halogens is 1. The molecule has 0 saturated heterocycles. The van der Waals surface area contributed by atoms with Crippen LogP contribution < -0.4 is 14.5 Å². The third kappa shape index (κ3) is 6.48. The Bertz CT molecular complexity index is 1290. The fourth-order valence-electron chi connectivity index (χ4n) is 2.89. The van der Waals surface area contributed by atoms with Gasteiger partial charge in [0.2, 0.25) is 0 Å². The highest BCUT2D eigenvalue weighted by atomic mass is 32.2. The molecule has 3 aromatic carbocycles. The molecule has 3 aromatic rings. The number of hydrogen-bond acceptors (Lipinski definition) is 6. The third-order valence-corrected chi connectivity index (χ3v) is 6.34. The molecule has 0 heterocycles. The second-order valence-corrected chi connectivity index (χ2v) is 9.12. The van der Waals surface area contributed by atoms with Gasteiger partial charge in [-0.05, 0) is 73.2 Å². The number of esters is 1. The van der Waals surface area contributed by atoms with Crippen molar-refractivity contribution in [3.63, 3.8) is 0 Å². The van der Waals surface area contributed by atoms with Gasteiger partial charge in [-0.2, -0.15) is 5.10 Å². The van der Waals surface area contributed by atoms with Crippen molar-refractivity contribution in [3.05, 3.63) is 89.7 Å². The van der Waals surface area contributed by atoms with Crippen molar-refractivity contribution in [3.8, 4) is 5.75 Å². The zero-order valence-corrected chi connectivity index (χ0v) is 19.3. The van der Waals surface area contributed by atoms with E-state index in [1.54, 1.807) is 36.4 Å². The van der Waals surface area contributed by atoms with E-state index in [4.69, 9.17) is 4.74 Å². The number of amides is 1. The molecular weight excluding hydrogens is 461 g/mol. The minimum atomic E-state index is -4.11. The lowest BCUT2D eigenvalue weighted by Gasteiger charge is -2.23. The molecule has 8 nitrogen and oxygen atoms in total. The molecule has 0 fully saturated rings. The molecule has 0 aromatic heterocycles. The summed E-state index contributed by atoms with van der Waals surface area (Å²) in [6.07, 6.45) is 1.35. The average Bonchev–Trinajstić information content (AvgIpc) is 2.79. The standard InChI is InChI=1S/C24H22FN3O5S/c1-17-3-13-23(14-4-17)34(31,32)28(21-9-7-20(25)8-10-21)16-24(30)27-26-15-19-5-11-22(12-6-19)33-18(2)29/h3-15H,16H2,1-2H3,(H,27,30)/b26-15-. The molecule has 0 bridgehead atoms. The Kier molecular flexibility index (Phi) is 7.75. The fourth-order valence-corrected chi connectivity index (χ4v) is 4.31. The molecule has 10 heteroatoms. The van der Waals surface area contributed by atoms with E-state index >= 15 is 0 Å². The number of nitrogens with one attached hydrogen (secondary N) is 1. The highest BCUT2D eigenvalue weighted by Crippen LogP contribution is 2.24. The molecule has 0 atom stereocenters. The highest BCUT2D eigenvalue weighted by molar-refractivity contribution is 7.92. The number of sulfonamides is 1. The van der Waals surface area contributed by atoms with E-state index < -0.39 is 34.3 Å². The van der Waals surface area contributed by atoms with Gasteiger partial charge in [0.1, 0.15) is 18.1 Å². The first-order valence-corrected chi connectivity index (χ1v) is 11.5. The average molecular weight is 484 g/mol. The van der Waals surface area contributed by atoms with Crippen LogP contribution in [0.1, 0.15) is 18.1 Å². The summed E-state index contributed by atoms with van der Waals surface area (Å²) in [6.45, 7) is 2.53. The Morgan fingerprint density at radius 2 is 1.62 bits per heavy atom. The van der Waals surface area contributed by atoms with Crippen molar-refractivity contribution >= 4 is 33.8 Å². The largest absolute Gasteiger partial charge is 0.427 e. The molecule has 3 rings (SSSR count). The van der Waals surface area contributed by atoms with E-state index in [9.17, 15) is 22.4 Å². The number of hydrogen-bond donors (Lipinski definition) is 1. The van der Waals surface area contributed by atoms with Crippen molar-refractivity contribution in [1.29, 1.82) is 0 Å². The van der Waals surface area contributed by atoms with Crippen molar-refractivity contribution < 1.29 is 27.1 Å². The molecular formula is C24H22FN3O5S. The minimum absolute atomic E-state index is 0.00778. The summed E-state index contributed by atoms with van der Waals surface area (Å²) in [4.78, 5) is 23.5. The van der Waals surface area contributed by atoms with Gasteiger partial charge in [0, 0.05) is 6.92 Å². The highest BCUT2D eigenvalue weighted by Gasteiger charge is 2.27. The van der Waals surface area contributed by atoms with Gasteiger partial charge in [-0.1, -0.05) is 17.7 Å². The molecule has 0 saturated carbocycles. The lowest BCUT2D eigenvalue weighted by Crippen LogP contribution is -2.39. The van der Waals surface area contributed by atoms with Gasteiger partial charge in [0.05, 0.1) is 16.8 Å². The number of carbonyl (C=O) groups is 2. The number of ether oxygens (including phenoxy) is 1. The predicted octanol–water partition coefficient (Wildman–Crippen LogP) is 3.41. The number of anilines is 1. The summed E-state index contributed by atoms with van der Waals surface area (Å²) >= 11 is 0. The summed E-state index contributed by atoms with van der Waals surface area (Å²) in [5, 5.41) is 3.85. The molecule has 34 heavy (non-hydrogen) atoms. The van der Waals surface area contributed by atoms with Crippen molar-refractivity contribution in [2.45, 2.75) is 18.7 Å². The van der Waals surface area contributed by atoms with Gasteiger partial charge >= 0.3 is 5.97 Å². The summed E-state index contributed by atoms with van der Waals surface area (Å²) < 4.78 is 45.7. The maximum absolute atomic E-state index is 13.4. The third-order valence-electron chi connectivity index (χ3n) is 4.56. The van der Waals surface area contributed by atoms with Gasteiger partial charge < -0.3 is 4.74 Å². The number of benzene rings is 3. The van der Waals surface area contributed by atoms with Crippen LogP contribution in [0, 0.1) is 12.7 Å². The number of nitrogens with zero attached hydrogens (tertiary/aromatic N) is 2. The molecule has 0 aliphatic carbocycles. The SMILES string of the molecule is CC(=O)Oc1ccc(/C=N\NC(=O)CN(c2ccc(F)cc2)S(=O)(=O)c2ccc(C)cc2)cc1. The first-order valence-electron chi connectivity index (χ1n) is 10.1. The van der Waals surface area contributed by atoms with Crippen LogP contribution in [0.4, 0.5) is 10.1 Å². The zero-order valence-electron chi connectivity index (χ0n) is 18.4. The van der Waals surface area contributed by atoms with Crippen LogP contribution in [0.3, 0.4) is 0 Å². The molecule has 0 spiro atoms. The van der Waals surface area contributed by atoms with E-state index in [2.05, 4.69) is 10.5 Å². The Morgan fingerprint density at radius 3 is 2.21 bits per heavy atom. The normalized spacial score (nSPS) is 11.3. The molecule has 0 aliphatic rings. The zero-order chi connectivity index (χ0) is 24.7. The summed E-state index contributed by atoms with van der Waals surface area (Å²) in [6, 6.07) is 17.3. The molecule has 1 N–H and O–H groups in total. The van der Waals surface area contributed by atoms with E-state index in [1.165, 1.54) is 37.4 Å². The summed E-state index contributed by atoms with van der Waals surface area (Å²) in [7, 11) is -4.11. The number of carbonyl (C=O) groups excluding carboxylic acids is 2. The van der Waals surface area contributed by atoms with Crippen LogP contribution in [0.15, 0.2) is 82.8 Å². The topological polar surface area (TPSA) is 105 Å². The monoisotopic (exact) mass is 483 g/mol. The van der Waals surface area contributed by atoms with E-state index in [0.29, 0.717) is 11.3 Å². The minimum Gasteiger partial charge on any atom is -0.427 e. The summed E-state index contributed by atoms with van der Waals surface area (Å²) in [5.41, 5.74) is 3.90. The Hall–Kier alpha value is -4.05. The fraction of sp³-hybridized carbons (Fsp3) is 0.125. The van der Waals surface area contributed by atoms with Crippen LogP contribution in [-0.4, -0.2) is 33.1 Å². The Morgan fingerprint density at radius 1 is 1.00 bits per heavy atom. The van der Waals surface area contributed by atoms with E-state index in [0.717, 1.165) is 22.0 Å². The van der Waals surface area contributed by atoms with Crippen LogP contribution in [0.25, 0.3) is 0 Å². The maximum atomic E-state index is 13.4. The summed E-state index contributed by atoms with van der Waals surface area (Å²) in [5.74, 6) is -1.32. The van der Waals surface area contributed by atoms with Crippen LogP contribution in [0.5, 0.6) is 5.75 Å². The van der Waals surface area contributed by atoms with Crippen molar-refractivity contribution in [1.82, 2.24) is 5.43 Å². The Labute approximate surface area is 196 Å². The van der Waals surface area contributed by atoms with E-state index in [-0.39, 0.29) is 10.6 Å². The van der Waals surface area contributed by atoms with Gasteiger partial charge in [-0.25, -0.2) is 18.2 Å². The molecule has 176 valence electrons. The first kappa shape index (κ1) is 24.6. The Balaban J connectivity index is 1.76. The van der Waals surface area contributed by atoms with Crippen LogP contribution >= 0.6 is 0 Å². The van der Waals surface area contributed by atoms with Crippen LogP contribution in [0.2, 0.25) is 0 Å². The van der Waals surface area contributed by atoms with Crippen molar-refractivity contribution in [2.75, 3.05) is 10.8 Å². The second kappa shape index (κ2) is 10.7. The molecule has 0 unspecified atom stereocenters. The molecule has 0 aliphatic heterocycles. The predicted molar refractivity (Wildman–Crippen MR) is 126 cm³/mol. The van der Waals surface area contributed by atoms with E-state index in [1.807, 2.05) is 6.92 Å². The number of hydrazone groups is 1. The maximum Gasteiger partial charge on any atom is 0.308 e. The van der Waals surface area contributed by atoms with Gasteiger partial charge in [0.15, 0.2) is 0 Å². The van der Waals surface area contributed by atoms with Gasteiger partial charge in [-0.15, -0.1) is 0 Å². The number of aryl methyl sites for hydroxylation is 1. The first-order chi connectivity index (χ1) is 16.1. The smallest absolute Gasteiger partial charge is 0.308 e. The van der Waals surface area contributed by atoms with Crippen LogP contribution in [-0.2, 0) is 19.6 Å². The molecule has 1 amide bonds. The lowest BCUT2D eigenvalue weighted by atomic mass is 10.2. The lowest BCUT2D eigenvalue weighted by molar-refractivity contribution is -0.131. The van der Waals surface area contributed by atoms with Gasteiger partial charge in [-0.3, -0.25) is 13.9 Å². The number of rotatable bonds is 8. The van der Waals surface area contributed by atoms with Crippen molar-refractivity contribution in [2.24, 2.45) is 5.10 Å².